The van der Waals surface area contributed by atoms with E-state index >= 15 is 0 Å². The number of nitrogens with one attached hydrogen (secondary N) is 1. The highest BCUT2D eigenvalue weighted by atomic mass is 32.1. The van der Waals surface area contributed by atoms with Gasteiger partial charge in [-0.2, -0.15) is 0 Å². The van der Waals surface area contributed by atoms with Crippen molar-refractivity contribution in [1.82, 2.24) is 20.2 Å². The molecule has 4 rings (SSSR count). The number of hydrogen-bond donors (Lipinski definition) is 1. The fraction of sp³-hybridized carbons (Fsp3) is 0.409. The first-order chi connectivity index (χ1) is 14.2. The first-order valence-electron chi connectivity index (χ1n) is 10.1. The standard InChI is InChI=1S/C22H26N4OS2/c1-16-7-10-26(11-8-16)19(20-6-4-12-28-20)14-24-21(27)13-17-15-29-22(25-17)18-5-2-3-9-23-18/h2-6,9,12,15-16,19H,7-8,10-11,13-14H2,1H3,(H,24,27)/t19-/m1/s1. The topological polar surface area (TPSA) is 58.1 Å². The third-order valence-corrected chi connectivity index (χ3v) is 7.29. The number of nitrogens with zero attached hydrogens (tertiary/aromatic N) is 3. The summed E-state index contributed by atoms with van der Waals surface area (Å²) in [7, 11) is 0. The molecular formula is C22H26N4OS2. The van der Waals surface area contributed by atoms with Gasteiger partial charge in [0.05, 0.1) is 23.9 Å². The Kier molecular flexibility index (Phi) is 6.69. The van der Waals surface area contributed by atoms with Gasteiger partial charge in [0, 0.05) is 23.0 Å². The van der Waals surface area contributed by atoms with Crippen LogP contribution in [-0.2, 0) is 11.2 Å². The second kappa shape index (κ2) is 9.61. The molecule has 4 heterocycles. The van der Waals surface area contributed by atoms with E-state index in [1.165, 1.54) is 29.1 Å². The normalized spacial score (nSPS) is 16.6. The lowest BCUT2D eigenvalue weighted by Gasteiger charge is -2.36. The Morgan fingerprint density at radius 2 is 2.10 bits per heavy atom. The van der Waals surface area contributed by atoms with Gasteiger partial charge in [-0.25, -0.2) is 4.98 Å². The number of thiazole rings is 1. The van der Waals surface area contributed by atoms with Crippen molar-refractivity contribution in [2.75, 3.05) is 19.6 Å². The molecule has 0 aromatic carbocycles. The highest BCUT2D eigenvalue weighted by Crippen LogP contribution is 2.29. The van der Waals surface area contributed by atoms with Gasteiger partial charge in [-0.1, -0.05) is 19.1 Å². The maximum absolute atomic E-state index is 12.6. The van der Waals surface area contributed by atoms with Crippen LogP contribution in [0.3, 0.4) is 0 Å². The Hall–Kier alpha value is -2.09. The average Bonchev–Trinajstić information content (AvgIpc) is 3.43. The number of rotatable bonds is 7. The molecule has 29 heavy (non-hydrogen) atoms. The predicted molar refractivity (Wildman–Crippen MR) is 119 cm³/mol. The highest BCUT2D eigenvalue weighted by molar-refractivity contribution is 7.13. The summed E-state index contributed by atoms with van der Waals surface area (Å²) in [6.07, 6.45) is 4.52. The first-order valence-corrected chi connectivity index (χ1v) is 11.8. The van der Waals surface area contributed by atoms with Crippen LogP contribution in [0.1, 0.15) is 36.4 Å². The summed E-state index contributed by atoms with van der Waals surface area (Å²) in [4.78, 5) is 25.3. The largest absolute Gasteiger partial charge is 0.354 e. The smallest absolute Gasteiger partial charge is 0.226 e. The average molecular weight is 427 g/mol. The van der Waals surface area contributed by atoms with E-state index in [1.54, 1.807) is 17.5 Å². The van der Waals surface area contributed by atoms with E-state index in [0.29, 0.717) is 13.0 Å². The molecule has 7 heteroatoms. The number of hydrogen-bond acceptors (Lipinski definition) is 6. The molecule has 0 bridgehead atoms. The van der Waals surface area contributed by atoms with Gasteiger partial charge in [-0.3, -0.25) is 14.7 Å². The van der Waals surface area contributed by atoms with E-state index in [-0.39, 0.29) is 11.9 Å². The van der Waals surface area contributed by atoms with E-state index < -0.39 is 0 Å². The number of carbonyl (C=O) groups is 1. The third kappa shape index (κ3) is 5.29. The second-order valence-corrected chi connectivity index (χ2v) is 9.43. The minimum atomic E-state index is 0.0230. The molecule has 1 N–H and O–H groups in total. The van der Waals surface area contributed by atoms with Crippen molar-refractivity contribution in [1.29, 1.82) is 0 Å². The number of pyridine rings is 1. The Morgan fingerprint density at radius 1 is 1.24 bits per heavy atom. The van der Waals surface area contributed by atoms with Gasteiger partial charge in [0.25, 0.3) is 0 Å². The molecule has 152 valence electrons. The summed E-state index contributed by atoms with van der Waals surface area (Å²) >= 11 is 3.30. The van der Waals surface area contributed by atoms with Crippen molar-refractivity contribution < 1.29 is 4.79 Å². The first kappa shape index (κ1) is 20.2. The second-order valence-electron chi connectivity index (χ2n) is 7.59. The van der Waals surface area contributed by atoms with E-state index in [9.17, 15) is 4.79 Å². The molecule has 3 aromatic rings. The Morgan fingerprint density at radius 3 is 2.83 bits per heavy atom. The van der Waals surface area contributed by atoms with Gasteiger partial charge in [0.15, 0.2) is 0 Å². The van der Waals surface area contributed by atoms with Gasteiger partial charge in [0.1, 0.15) is 5.01 Å². The number of piperidine rings is 1. The van der Waals surface area contributed by atoms with Crippen LogP contribution in [0, 0.1) is 5.92 Å². The molecule has 0 radical (unpaired) electrons. The van der Waals surface area contributed by atoms with Crippen LogP contribution in [0.2, 0.25) is 0 Å². The van der Waals surface area contributed by atoms with Gasteiger partial charge in [-0.15, -0.1) is 22.7 Å². The van der Waals surface area contributed by atoms with Crippen LogP contribution in [-0.4, -0.2) is 40.4 Å². The van der Waals surface area contributed by atoms with Crippen molar-refractivity contribution in [2.45, 2.75) is 32.2 Å². The minimum Gasteiger partial charge on any atom is -0.354 e. The summed E-state index contributed by atoms with van der Waals surface area (Å²) in [6.45, 7) is 5.16. The molecular weight excluding hydrogens is 400 g/mol. The van der Waals surface area contributed by atoms with E-state index in [4.69, 9.17) is 0 Å². The van der Waals surface area contributed by atoms with Crippen molar-refractivity contribution in [2.24, 2.45) is 5.92 Å². The molecule has 3 aromatic heterocycles. The summed E-state index contributed by atoms with van der Waals surface area (Å²) in [5, 5.41) is 8.07. The zero-order valence-electron chi connectivity index (χ0n) is 16.6. The third-order valence-electron chi connectivity index (χ3n) is 5.40. The molecule has 0 aliphatic carbocycles. The van der Waals surface area contributed by atoms with Crippen LogP contribution in [0.25, 0.3) is 10.7 Å². The monoisotopic (exact) mass is 426 g/mol. The Balaban J connectivity index is 1.35. The molecule has 1 fully saturated rings. The molecule has 1 aliphatic rings. The van der Waals surface area contributed by atoms with E-state index in [1.807, 2.05) is 23.6 Å². The summed E-state index contributed by atoms with van der Waals surface area (Å²) in [5.74, 6) is 0.817. The molecule has 0 spiro atoms. The molecule has 1 saturated heterocycles. The van der Waals surface area contributed by atoms with Gasteiger partial charge in [0.2, 0.25) is 5.91 Å². The number of aromatic nitrogens is 2. The fourth-order valence-corrected chi connectivity index (χ4v) is 5.32. The van der Waals surface area contributed by atoms with Gasteiger partial charge in [-0.05, 0) is 55.4 Å². The Bertz CT molecular complexity index is 902. The molecule has 0 unspecified atom stereocenters. The quantitative estimate of drug-likeness (QED) is 0.608. The fourth-order valence-electron chi connectivity index (χ4n) is 3.66. The van der Waals surface area contributed by atoms with Crippen molar-refractivity contribution in [3.05, 3.63) is 57.9 Å². The van der Waals surface area contributed by atoms with E-state index in [0.717, 1.165) is 35.4 Å². The maximum Gasteiger partial charge on any atom is 0.226 e. The minimum absolute atomic E-state index is 0.0230. The molecule has 1 amide bonds. The zero-order valence-corrected chi connectivity index (χ0v) is 18.2. The van der Waals surface area contributed by atoms with Crippen molar-refractivity contribution in [3.63, 3.8) is 0 Å². The molecule has 5 nitrogen and oxygen atoms in total. The molecule has 1 atom stereocenters. The number of likely N-dealkylation sites (tertiary alicyclic amines) is 1. The number of carbonyl (C=O) groups excluding carboxylic acids is 1. The lowest BCUT2D eigenvalue weighted by Crippen LogP contribution is -2.42. The van der Waals surface area contributed by atoms with Gasteiger partial charge >= 0.3 is 0 Å². The summed E-state index contributed by atoms with van der Waals surface area (Å²) in [6, 6.07) is 10.3. The predicted octanol–water partition coefficient (Wildman–Crippen LogP) is 4.40. The highest BCUT2D eigenvalue weighted by Gasteiger charge is 2.25. The van der Waals surface area contributed by atoms with Crippen molar-refractivity contribution in [3.8, 4) is 10.7 Å². The van der Waals surface area contributed by atoms with Crippen LogP contribution in [0.5, 0.6) is 0 Å². The van der Waals surface area contributed by atoms with Gasteiger partial charge < -0.3 is 5.32 Å². The van der Waals surface area contributed by atoms with Crippen molar-refractivity contribution >= 4 is 28.6 Å². The Labute approximate surface area is 179 Å². The lowest BCUT2D eigenvalue weighted by atomic mass is 9.97. The van der Waals surface area contributed by atoms with Crippen LogP contribution >= 0.6 is 22.7 Å². The summed E-state index contributed by atoms with van der Waals surface area (Å²) < 4.78 is 0. The SMILES string of the molecule is CC1CCN([C@H](CNC(=O)Cc2csc(-c3ccccn3)n2)c2cccs2)CC1. The molecule has 1 aliphatic heterocycles. The zero-order chi connectivity index (χ0) is 20.1. The van der Waals surface area contributed by atoms with Crippen LogP contribution in [0.15, 0.2) is 47.3 Å². The summed E-state index contributed by atoms with van der Waals surface area (Å²) in [5.41, 5.74) is 1.65. The van der Waals surface area contributed by atoms with Crippen LogP contribution in [0.4, 0.5) is 0 Å². The number of thiophene rings is 1. The van der Waals surface area contributed by atoms with Crippen LogP contribution < -0.4 is 5.32 Å². The van der Waals surface area contributed by atoms with E-state index in [2.05, 4.69) is 44.6 Å². The lowest BCUT2D eigenvalue weighted by molar-refractivity contribution is -0.120. The maximum atomic E-state index is 12.6. The molecule has 0 saturated carbocycles. The number of amides is 1.